The Kier molecular flexibility index (Phi) is 6.49. The van der Waals surface area contributed by atoms with E-state index in [1.54, 1.807) is 7.11 Å². The minimum atomic E-state index is -0.0652. The number of nitrogens with zero attached hydrogens (tertiary/aromatic N) is 4. The number of methoxy groups -OCH3 is 1. The lowest BCUT2D eigenvalue weighted by atomic mass is 9.98. The molecule has 0 bridgehead atoms. The van der Waals surface area contributed by atoms with E-state index in [1.807, 2.05) is 59.6 Å². The third-order valence-electron chi connectivity index (χ3n) is 6.48. The van der Waals surface area contributed by atoms with Gasteiger partial charge in [0.2, 0.25) is 5.95 Å². The highest BCUT2D eigenvalue weighted by Crippen LogP contribution is 2.39. The number of hydrazone groups is 1. The van der Waals surface area contributed by atoms with Crippen LogP contribution in [-0.2, 0) is 0 Å². The van der Waals surface area contributed by atoms with E-state index in [-0.39, 0.29) is 6.04 Å². The number of para-hydroxylation sites is 1. The van der Waals surface area contributed by atoms with Crippen molar-refractivity contribution in [2.75, 3.05) is 12.1 Å². The molecule has 0 saturated carbocycles. The average Bonchev–Trinajstić information content (AvgIpc) is 3.39. The first-order valence-electron chi connectivity index (χ1n) is 11.9. The molecule has 0 spiro atoms. The molecule has 0 amide bonds. The molecule has 0 saturated heterocycles. The van der Waals surface area contributed by atoms with Crippen molar-refractivity contribution in [3.63, 3.8) is 0 Å². The van der Waals surface area contributed by atoms with Crippen molar-refractivity contribution in [1.29, 1.82) is 0 Å². The Morgan fingerprint density at radius 2 is 1.54 bits per heavy atom. The lowest BCUT2D eigenvalue weighted by molar-refractivity contribution is 0.414. The van der Waals surface area contributed by atoms with Crippen LogP contribution in [0, 0.1) is 0 Å². The zero-order valence-electron chi connectivity index (χ0n) is 20.0. The molecule has 4 aromatic carbocycles. The molecule has 1 aromatic heterocycles. The van der Waals surface area contributed by atoms with Crippen molar-refractivity contribution in [1.82, 2.24) is 9.97 Å². The number of benzene rings is 4. The van der Waals surface area contributed by atoms with E-state index in [0.29, 0.717) is 12.4 Å². The molecule has 1 aliphatic heterocycles. The van der Waals surface area contributed by atoms with Crippen LogP contribution in [0.2, 0.25) is 0 Å². The highest BCUT2D eigenvalue weighted by molar-refractivity contribution is 9.10. The molecular formula is C30H22Br2N4O. The molecule has 1 aliphatic rings. The number of halogens is 2. The zero-order valence-corrected chi connectivity index (χ0v) is 23.1. The van der Waals surface area contributed by atoms with Crippen LogP contribution in [0.5, 0.6) is 5.75 Å². The molecule has 2 heterocycles. The van der Waals surface area contributed by atoms with Gasteiger partial charge >= 0.3 is 0 Å². The van der Waals surface area contributed by atoms with Crippen LogP contribution >= 0.6 is 31.9 Å². The molecule has 0 radical (unpaired) electrons. The topological polar surface area (TPSA) is 50.6 Å². The summed E-state index contributed by atoms with van der Waals surface area (Å²) in [7, 11) is 1.69. The lowest BCUT2D eigenvalue weighted by Crippen LogP contribution is -2.21. The van der Waals surface area contributed by atoms with E-state index < -0.39 is 0 Å². The molecule has 6 rings (SSSR count). The quantitative estimate of drug-likeness (QED) is 0.200. The van der Waals surface area contributed by atoms with Gasteiger partial charge in [-0.15, -0.1) is 0 Å². The monoisotopic (exact) mass is 612 g/mol. The SMILES string of the molecule is COc1ccccc1C1=NN(c2nc(-c3ccccc3)c3cc(Br)ccc3n2)C(c2ccc(Br)cc2)C1. The van der Waals surface area contributed by atoms with Crippen molar-refractivity contribution in [2.24, 2.45) is 5.10 Å². The van der Waals surface area contributed by atoms with E-state index in [9.17, 15) is 0 Å². The molecule has 7 heteroatoms. The minimum Gasteiger partial charge on any atom is -0.496 e. The van der Waals surface area contributed by atoms with Crippen LogP contribution in [-0.4, -0.2) is 22.8 Å². The van der Waals surface area contributed by atoms with Crippen molar-refractivity contribution in [3.8, 4) is 17.0 Å². The predicted molar refractivity (Wildman–Crippen MR) is 156 cm³/mol. The number of ether oxygens (including phenoxy) is 1. The Balaban J connectivity index is 1.55. The Morgan fingerprint density at radius 3 is 2.32 bits per heavy atom. The molecule has 182 valence electrons. The van der Waals surface area contributed by atoms with Gasteiger partial charge in [-0.2, -0.15) is 5.10 Å². The van der Waals surface area contributed by atoms with Crippen LogP contribution in [0.4, 0.5) is 5.95 Å². The number of anilines is 1. The first-order valence-corrected chi connectivity index (χ1v) is 13.5. The predicted octanol–water partition coefficient (Wildman–Crippen LogP) is 8.19. The first-order chi connectivity index (χ1) is 18.1. The van der Waals surface area contributed by atoms with Gasteiger partial charge in [-0.1, -0.05) is 86.5 Å². The number of rotatable bonds is 5. The van der Waals surface area contributed by atoms with Gasteiger partial charge in [0.05, 0.1) is 30.1 Å². The third-order valence-corrected chi connectivity index (χ3v) is 7.50. The summed E-state index contributed by atoms with van der Waals surface area (Å²) in [5.41, 5.74) is 5.81. The fourth-order valence-electron chi connectivity index (χ4n) is 4.69. The maximum Gasteiger partial charge on any atom is 0.247 e. The second-order valence-corrected chi connectivity index (χ2v) is 10.6. The van der Waals surface area contributed by atoms with E-state index in [2.05, 4.69) is 74.3 Å². The molecule has 5 aromatic rings. The minimum absolute atomic E-state index is 0.0652. The Morgan fingerprint density at radius 1 is 0.811 bits per heavy atom. The molecule has 0 fully saturated rings. The van der Waals surface area contributed by atoms with Crippen LogP contribution in [0.25, 0.3) is 22.2 Å². The molecule has 1 unspecified atom stereocenters. The normalized spacial score (nSPS) is 15.2. The summed E-state index contributed by atoms with van der Waals surface area (Å²) in [6, 6.07) is 32.6. The average molecular weight is 614 g/mol. The van der Waals surface area contributed by atoms with Crippen molar-refractivity contribution in [3.05, 3.63) is 117 Å². The highest BCUT2D eigenvalue weighted by atomic mass is 79.9. The molecular weight excluding hydrogens is 592 g/mol. The Labute approximate surface area is 232 Å². The summed E-state index contributed by atoms with van der Waals surface area (Å²) in [6.07, 6.45) is 0.699. The molecule has 0 aliphatic carbocycles. The summed E-state index contributed by atoms with van der Waals surface area (Å²) >= 11 is 7.18. The number of hydrogen-bond acceptors (Lipinski definition) is 5. The summed E-state index contributed by atoms with van der Waals surface area (Å²) in [5.74, 6) is 1.36. The van der Waals surface area contributed by atoms with Gasteiger partial charge in [0.25, 0.3) is 0 Å². The van der Waals surface area contributed by atoms with E-state index >= 15 is 0 Å². The molecule has 5 nitrogen and oxygen atoms in total. The van der Waals surface area contributed by atoms with Crippen molar-refractivity contribution < 1.29 is 4.74 Å². The van der Waals surface area contributed by atoms with Gasteiger partial charge in [-0.3, -0.25) is 0 Å². The van der Waals surface area contributed by atoms with Gasteiger partial charge in [-0.05, 0) is 48.0 Å². The fraction of sp³-hybridized carbons (Fsp3) is 0.100. The zero-order chi connectivity index (χ0) is 25.4. The number of fused-ring (bicyclic) bond motifs is 1. The summed E-state index contributed by atoms with van der Waals surface area (Å²) < 4.78 is 7.68. The van der Waals surface area contributed by atoms with Crippen molar-refractivity contribution >= 4 is 54.4 Å². The van der Waals surface area contributed by atoms with E-state index in [4.69, 9.17) is 19.8 Å². The third kappa shape index (κ3) is 4.65. The second kappa shape index (κ2) is 10.1. The first kappa shape index (κ1) is 23.8. The maximum atomic E-state index is 5.66. The van der Waals surface area contributed by atoms with Crippen LogP contribution in [0.1, 0.15) is 23.6 Å². The molecule has 0 N–H and O–H groups in total. The van der Waals surface area contributed by atoms with Crippen LogP contribution < -0.4 is 9.75 Å². The van der Waals surface area contributed by atoms with E-state index in [1.165, 1.54) is 0 Å². The lowest BCUT2D eigenvalue weighted by Gasteiger charge is -2.23. The largest absolute Gasteiger partial charge is 0.496 e. The van der Waals surface area contributed by atoms with Crippen LogP contribution in [0.3, 0.4) is 0 Å². The molecule has 1 atom stereocenters. The summed E-state index contributed by atoms with van der Waals surface area (Å²) in [5, 5.41) is 8.04. The standard InChI is InChI=1S/C30H22Br2N4O/c1-37-28-10-6-5-9-23(28)26-18-27(19-11-13-21(31)14-12-19)36(35-26)30-33-25-16-15-22(32)17-24(25)29(34-30)20-7-3-2-4-8-20/h2-17,27H,18H2,1H3. The van der Waals surface area contributed by atoms with Gasteiger partial charge in [-0.25, -0.2) is 15.0 Å². The van der Waals surface area contributed by atoms with Gasteiger partial charge in [0.1, 0.15) is 5.75 Å². The summed E-state index contributed by atoms with van der Waals surface area (Å²) in [6.45, 7) is 0. The second-order valence-electron chi connectivity index (χ2n) is 8.76. The summed E-state index contributed by atoms with van der Waals surface area (Å²) in [4.78, 5) is 10.1. The van der Waals surface area contributed by atoms with Crippen molar-refractivity contribution in [2.45, 2.75) is 12.5 Å². The number of hydrogen-bond donors (Lipinski definition) is 0. The maximum absolute atomic E-state index is 5.66. The van der Waals surface area contributed by atoms with Crippen LogP contribution in [0.15, 0.2) is 111 Å². The number of aromatic nitrogens is 2. The molecule has 37 heavy (non-hydrogen) atoms. The van der Waals surface area contributed by atoms with Gasteiger partial charge in [0, 0.05) is 31.9 Å². The smallest absolute Gasteiger partial charge is 0.247 e. The van der Waals surface area contributed by atoms with E-state index in [0.717, 1.165) is 53.7 Å². The van der Waals surface area contributed by atoms with Gasteiger partial charge < -0.3 is 4.74 Å². The highest BCUT2D eigenvalue weighted by Gasteiger charge is 2.33. The van der Waals surface area contributed by atoms with Gasteiger partial charge in [0.15, 0.2) is 0 Å². The Hall–Kier alpha value is -3.55. The fourth-order valence-corrected chi connectivity index (χ4v) is 5.32. The Bertz CT molecular complexity index is 1620.